The Hall–Kier alpha value is -1.85. The van der Waals surface area contributed by atoms with Gasteiger partial charge >= 0.3 is 0 Å². The minimum absolute atomic E-state index is 0.0771. The molecule has 2 heterocycles. The van der Waals surface area contributed by atoms with Gasteiger partial charge in [0.25, 0.3) is 5.56 Å². The summed E-state index contributed by atoms with van der Waals surface area (Å²) in [4.78, 5) is 15.5. The van der Waals surface area contributed by atoms with E-state index in [9.17, 15) is 4.79 Å². The lowest BCUT2D eigenvalue weighted by atomic mass is 10.4. The zero-order chi connectivity index (χ0) is 10.1. The van der Waals surface area contributed by atoms with Gasteiger partial charge in [0.1, 0.15) is 0 Å². The topological polar surface area (TPSA) is 78.2 Å². The highest BCUT2D eigenvalue weighted by atomic mass is 16.1. The molecule has 2 rings (SSSR count). The van der Waals surface area contributed by atoms with Gasteiger partial charge in [-0.2, -0.15) is 4.98 Å². The van der Waals surface area contributed by atoms with Crippen LogP contribution in [0.3, 0.4) is 0 Å². The fourth-order valence-corrected chi connectivity index (χ4v) is 1.37. The molecule has 0 aliphatic carbocycles. The molecule has 6 heteroatoms. The summed E-state index contributed by atoms with van der Waals surface area (Å²) in [5.74, 6) is 0.678. The molecule has 6 nitrogen and oxygen atoms in total. The summed E-state index contributed by atoms with van der Waals surface area (Å²) in [6, 6.07) is 1.46. The lowest BCUT2D eigenvalue weighted by Gasteiger charge is -2.02. The smallest absolute Gasteiger partial charge is 0.254 e. The first-order valence-electron chi connectivity index (χ1n) is 4.44. The summed E-state index contributed by atoms with van der Waals surface area (Å²) in [5.41, 5.74) is 5.37. The standard InChI is InChI=1S/C8H11N5O/c1-2-4-12-6(14)3-5-13-8(12)10-7(9)11-13/h3,5H,2,4H2,1H3,(H2,9,11). The number of rotatable bonds is 2. The largest absolute Gasteiger partial charge is 0.366 e. The van der Waals surface area contributed by atoms with Gasteiger partial charge in [0, 0.05) is 18.8 Å². The van der Waals surface area contributed by atoms with Crippen LogP contribution in [0.15, 0.2) is 17.1 Å². The Kier molecular flexibility index (Phi) is 1.95. The number of hydrogen-bond acceptors (Lipinski definition) is 4. The molecule has 2 aromatic heterocycles. The van der Waals surface area contributed by atoms with Crippen molar-refractivity contribution in [2.24, 2.45) is 0 Å². The van der Waals surface area contributed by atoms with Crippen LogP contribution in [0.25, 0.3) is 5.78 Å². The van der Waals surface area contributed by atoms with E-state index in [1.165, 1.54) is 10.6 Å². The van der Waals surface area contributed by atoms with Crippen molar-refractivity contribution in [3.63, 3.8) is 0 Å². The van der Waals surface area contributed by atoms with Crippen LogP contribution in [0.5, 0.6) is 0 Å². The maximum atomic E-state index is 11.5. The number of fused-ring (bicyclic) bond motifs is 1. The molecule has 14 heavy (non-hydrogen) atoms. The second kappa shape index (κ2) is 3.13. The third-order valence-corrected chi connectivity index (χ3v) is 1.94. The van der Waals surface area contributed by atoms with Gasteiger partial charge in [0.05, 0.1) is 0 Å². The van der Waals surface area contributed by atoms with Gasteiger partial charge in [0.2, 0.25) is 11.7 Å². The monoisotopic (exact) mass is 193 g/mol. The van der Waals surface area contributed by atoms with Crippen LogP contribution in [-0.2, 0) is 6.54 Å². The van der Waals surface area contributed by atoms with Crippen molar-refractivity contribution < 1.29 is 0 Å². The van der Waals surface area contributed by atoms with Crippen LogP contribution in [0.1, 0.15) is 13.3 Å². The zero-order valence-corrected chi connectivity index (χ0v) is 7.84. The first kappa shape index (κ1) is 8.74. The number of aromatic nitrogens is 4. The first-order chi connectivity index (χ1) is 6.72. The van der Waals surface area contributed by atoms with E-state index in [0.717, 1.165) is 6.42 Å². The van der Waals surface area contributed by atoms with Crippen LogP contribution in [-0.4, -0.2) is 19.2 Å². The zero-order valence-electron chi connectivity index (χ0n) is 7.84. The summed E-state index contributed by atoms with van der Waals surface area (Å²) in [6.45, 7) is 2.62. The molecule has 0 fully saturated rings. The van der Waals surface area contributed by atoms with Gasteiger partial charge < -0.3 is 5.73 Å². The molecule has 2 N–H and O–H groups in total. The molecule has 0 spiro atoms. The van der Waals surface area contributed by atoms with E-state index < -0.39 is 0 Å². The molecule has 0 atom stereocenters. The molecule has 2 aromatic rings. The van der Waals surface area contributed by atoms with Gasteiger partial charge in [-0.15, -0.1) is 5.10 Å². The molecule has 0 aliphatic rings. The lowest BCUT2D eigenvalue weighted by Crippen LogP contribution is -2.21. The van der Waals surface area contributed by atoms with E-state index in [2.05, 4.69) is 10.1 Å². The highest BCUT2D eigenvalue weighted by molar-refractivity contribution is 5.34. The molecule has 0 unspecified atom stereocenters. The number of anilines is 1. The van der Waals surface area contributed by atoms with Gasteiger partial charge in [-0.3, -0.25) is 9.36 Å². The number of nitrogen functional groups attached to an aromatic ring is 1. The van der Waals surface area contributed by atoms with Crippen molar-refractivity contribution in [1.29, 1.82) is 0 Å². The molecule has 0 amide bonds. The predicted octanol–water partition coefficient (Wildman–Crippen LogP) is -0.117. The average molecular weight is 193 g/mol. The van der Waals surface area contributed by atoms with Gasteiger partial charge in [0.15, 0.2) is 0 Å². The molecule has 74 valence electrons. The number of aryl methyl sites for hydroxylation is 1. The molecular formula is C8H11N5O. The van der Waals surface area contributed by atoms with Crippen LogP contribution < -0.4 is 11.3 Å². The van der Waals surface area contributed by atoms with Crippen molar-refractivity contribution in [1.82, 2.24) is 19.2 Å². The molecule has 0 aromatic carbocycles. The van der Waals surface area contributed by atoms with E-state index in [1.807, 2.05) is 6.92 Å². The van der Waals surface area contributed by atoms with Crippen LogP contribution in [0.2, 0.25) is 0 Å². The molecule has 0 radical (unpaired) electrons. The Bertz CT molecular complexity index is 512. The van der Waals surface area contributed by atoms with Crippen LogP contribution >= 0.6 is 0 Å². The Morgan fingerprint density at radius 1 is 1.57 bits per heavy atom. The van der Waals surface area contributed by atoms with Crippen molar-refractivity contribution >= 4 is 11.7 Å². The number of hydrogen-bond donors (Lipinski definition) is 1. The fraction of sp³-hybridized carbons (Fsp3) is 0.375. The third kappa shape index (κ3) is 1.24. The molecule has 0 bridgehead atoms. The van der Waals surface area contributed by atoms with Crippen molar-refractivity contribution in [2.45, 2.75) is 19.9 Å². The Labute approximate surface area is 80.0 Å². The quantitative estimate of drug-likeness (QED) is 0.721. The van der Waals surface area contributed by atoms with Crippen LogP contribution in [0, 0.1) is 0 Å². The van der Waals surface area contributed by atoms with Gasteiger partial charge in [-0.1, -0.05) is 6.92 Å². The summed E-state index contributed by atoms with van der Waals surface area (Å²) >= 11 is 0. The number of nitrogens with zero attached hydrogens (tertiary/aromatic N) is 4. The summed E-state index contributed by atoms with van der Waals surface area (Å²) in [6.07, 6.45) is 2.43. The third-order valence-electron chi connectivity index (χ3n) is 1.94. The summed E-state index contributed by atoms with van der Waals surface area (Å²) in [5, 5.41) is 3.92. The Balaban J connectivity index is 2.75. The van der Waals surface area contributed by atoms with Gasteiger partial charge in [-0.25, -0.2) is 4.52 Å². The molecule has 0 saturated heterocycles. The average Bonchev–Trinajstić information content (AvgIpc) is 2.51. The van der Waals surface area contributed by atoms with E-state index in [-0.39, 0.29) is 11.5 Å². The summed E-state index contributed by atoms with van der Waals surface area (Å²) in [7, 11) is 0. The highest BCUT2D eigenvalue weighted by Crippen LogP contribution is 2.00. The minimum Gasteiger partial charge on any atom is -0.366 e. The lowest BCUT2D eigenvalue weighted by molar-refractivity contribution is 0.651. The number of nitrogens with two attached hydrogens (primary N) is 1. The maximum absolute atomic E-state index is 11.5. The summed E-state index contributed by atoms with van der Waals surface area (Å²) < 4.78 is 3.07. The maximum Gasteiger partial charge on any atom is 0.254 e. The van der Waals surface area contributed by atoms with Crippen molar-refractivity contribution in [2.75, 3.05) is 5.73 Å². The minimum atomic E-state index is -0.0771. The van der Waals surface area contributed by atoms with Gasteiger partial charge in [-0.05, 0) is 6.42 Å². The highest BCUT2D eigenvalue weighted by Gasteiger charge is 2.05. The SMILES string of the molecule is CCCn1c(=O)ccn2nc(N)nc12. The van der Waals surface area contributed by atoms with Crippen molar-refractivity contribution in [3.8, 4) is 0 Å². The molecular weight excluding hydrogens is 182 g/mol. The van der Waals surface area contributed by atoms with Crippen LogP contribution in [0.4, 0.5) is 5.95 Å². The van der Waals surface area contributed by atoms with Crippen molar-refractivity contribution in [3.05, 3.63) is 22.6 Å². The van der Waals surface area contributed by atoms with E-state index >= 15 is 0 Å². The molecule has 0 saturated carbocycles. The predicted molar refractivity (Wildman–Crippen MR) is 52.0 cm³/mol. The second-order valence-electron chi connectivity index (χ2n) is 3.02. The molecule has 0 aliphatic heterocycles. The second-order valence-corrected chi connectivity index (χ2v) is 3.02. The van der Waals surface area contributed by atoms with E-state index in [1.54, 1.807) is 10.8 Å². The van der Waals surface area contributed by atoms with E-state index in [0.29, 0.717) is 12.3 Å². The Morgan fingerprint density at radius 3 is 3.07 bits per heavy atom. The Morgan fingerprint density at radius 2 is 2.36 bits per heavy atom. The first-order valence-corrected chi connectivity index (χ1v) is 4.44. The van der Waals surface area contributed by atoms with E-state index in [4.69, 9.17) is 5.73 Å². The fourth-order valence-electron chi connectivity index (χ4n) is 1.37. The normalized spacial score (nSPS) is 10.9.